The van der Waals surface area contributed by atoms with Crippen LogP contribution >= 0.6 is 15.9 Å². The van der Waals surface area contributed by atoms with Gasteiger partial charge in [0.1, 0.15) is 0 Å². The lowest BCUT2D eigenvalue weighted by molar-refractivity contribution is -0.183. The van der Waals surface area contributed by atoms with E-state index in [1.54, 1.807) is 12.1 Å². The minimum atomic E-state index is -0.786. The van der Waals surface area contributed by atoms with Crippen molar-refractivity contribution in [2.75, 3.05) is 7.11 Å². The van der Waals surface area contributed by atoms with Gasteiger partial charge in [0, 0.05) is 15.8 Å². The smallest absolute Gasteiger partial charge is 0.309 e. The third kappa shape index (κ3) is 4.34. The number of carboxylic acids is 1. The number of ketones is 2. The Bertz CT molecular complexity index is 1570. The van der Waals surface area contributed by atoms with E-state index in [9.17, 15) is 24.6 Å². The first kappa shape index (κ1) is 32.5. The van der Waals surface area contributed by atoms with Gasteiger partial charge in [0.15, 0.2) is 23.1 Å². The van der Waals surface area contributed by atoms with Gasteiger partial charge in [-0.2, -0.15) is 0 Å². The van der Waals surface area contributed by atoms with Crippen molar-refractivity contribution in [3.8, 4) is 11.5 Å². The number of aliphatic carboxylic acids is 1. The Morgan fingerprint density at radius 3 is 2.31 bits per heavy atom. The third-order valence-corrected chi connectivity index (χ3v) is 15.0. The van der Waals surface area contributed by atoms with Crippen LogP contribution < -0.4 is 4.74 Å². The normalized spacial score (nSPS) is 43.0. The first-order chi connectivity index (χ1) is 20.8. The molecular formula is C38H49BrO6. The van der Waals surface area contributed by atoms with Gasteiger partial charge >= 0.3 is 5.97 Å². The molecule has 4 fully saturated rings. The second kappa shape index (κ2) is 10.0. The van der Waals surface area contributed by atoms with E-state index < -0.39 is 22.2 Å². The minimum absolute atomic E-state index is 0.00263. The lowest BCUT2D eigenvalue weighted by Crippen LogP contribution is -2.66. The Balaban J connectivity index is 1.47. The number of rotatable bonds is 3. The molecule has 1 aromatic carbocycles. The van der Waals surface area contributed by atoms with Gasteiger partial charge in [0.2, 0.25) is 0 Å². The summed E-state index contributed by atoms with van der Waals surface area (Å²) in [6.45, 7) is 15.2. The molecule has 0 bridgehead atoms. The molecule has 1 aromatic rings. The van der Waals surface area contributed by atoms with Crippen molar-refractivity contribution in [2.45, 2.75) is 99.8 Å². The maximum atomic E-state index is 14.7. The summed E-state index contributed by atoms with van der Waals surface area (Å²) >= 11 is 3.60. The predicted octanol–water partition coefficient (Wildman–Crippen LogP) is 8.79. The summed E-state index contributed by atoms with van der Waals surface area (Å²) in [5, 5.41) is 20.7. The van der Waals surface area contributed by atoms with Crippen LogP contribution in [0, 0.1) is 50.2 Å². The second-order valence-corrected chi connectivity index (χ2v) is 17.9. The van der Waals surface area contributed by atoms with Crippen LogP contribution in [0.2, 0.25) is 0 Å². The van der Waals surface area contributed by atoms with Crippen LogP contribution in [0.15, 0.2) is 33.8 Å². The lowest BCUT2D eigenvalue weighted by Gasteiger charge is -2.70. The zero-order valence-electron chi connectivity index (χ0n) is 28.1. The standard InChI is InChI=1S/C38H49BrO6/c1-33(2)29-9-10-38(7)30(36(29,5)19-22(31(33)42)15-21-16-26(40)28(45-8)18-25(21)39)27(41)17-23-24-20-35(4,32(43)44)12-11-34(24,3)13-14-37(23,38)6/h15-18,24,29-30,40H,9-14,19-20H2,1-8H3,(H,43,44)/b22-15+/t24-,29-,30+,34+,35-,36-,37+,38+/m0/s1. The highest BCUT2D eigenvalue weighted by Gasteiger charge is 2.70. The quantitative estimate of drug-likeness (QED) is 0.310. The average molecular weight is 682 g/mol. The van der Waals surface area contributed by atoms with Gasteiger partial charge in [-0.25, -0.2) is 0 Å². The van der Waals surface area contributed by atoms with Gasteiger partial charge in [-0.15, -0.1) is 0 Å². The van der Waals surface area contributed by atoms with Gasteiger partial charge < -0.3 is 14.9 Å². The summed E-state index contributed by atoms with van der Waals surface area (Å²) in [7, 11) is 1.50. The number of hydrogen-bond donors (Lipinski definition) is 2. The molecule has 244 valence electrons. The Kier molecular flexibility index (Phi) is 7.26. The van der Waals surface area contributed by atoms with Gasteiger partial charge in [-0.3, -0.25) is 14.4 Å². The van der Waals surface area contributed by atoms with Crippen molar-refractivity contribution in [2.24, 2.45) is 50.2 Å². The maximum absolute atomic E-state index is 14.7. The molecule has 8 atom stereocenters. The summed E-state index contributed by atoms with van der Waals surface area (Å²) in [4.78, 5) is 41.3. The number of methoxy groups -OCH3 is 1. The summed E-state index contributed by atoms with van der Waals surface area (Å²) < 4.78 is 5.99. The van der Waals surface area contributed by atoms with Gasteiger partial charge in [-0.1, -0.05) is 63.0 Å². The van der Waals surface area contributed by atoms with Crippen molar-refractivity contribution < 1.29 is 29.3 Å². The highest BCUT2D eigenvalue weighted by molar-refractivity contribution is 9.10. The third-order valence-electron chi connectivity index (χ3n) is 14.3. The zero-order chi connectivity index (χ0) is 33.1. The fourth-order valence-corrected chi connectivity index (χ4v) is 11.8. The molecule has 0 radical (unpaired) electrons. The topological polar surface area (TPSA) is 101 Å². The molecule has 2 N–H and O–H groups in total. The van der Waals surface area contributed by atoms with E-state index >= 15 is 0 Å². The molecule has 45 heavy (non-hydrogen) atoms. The van der Waals surface area contributed by atoms with Gasteiger partial charge in [-0.05, 0) is 127 Å². The van der Waals surface area contributed by atoms with E-state index in [0.717, 1.165) is 36.6 Å². The highest BCUT2D eigenvalue weighted by atomic mass is 79.9. The number of allylic oxidation sites excluding steroid dienone is 3. The van der Waals surface area contributed by atoms with E-state index in [0.29, 0.717) is 36.1 Å². The van der Waals surface area contributed by atoms with Gasteiger partial charge in [0.25, 0.3) is 0 Å². The van der Waals surface area contributed by atoms with E-state index in [1.807, 2.05) is 32.9 Å². The number of Topliss-reactive ketones (excluding diaryl/α,β-unsaturated/α-hetero) is 1. The first-order valence-electron chi connectivity index (χ1n) is 16.6. The molecular weight excluding hydrogens is 632 g/mol. The average Bonchev–Trinajstić information content (AvgIpc) is 2.95. The highest BCUT2D eigenvalue weighted by Crippen LogP contribution is 2.75. The molecule has 0 heterocycles. The van der Waals surface area contributed by atoms with E-state index in [2.05, 4.69) is 43.6 Å². The fourth-order valence-electron chi connectivity index (χ4n) is 11.4. The maximum Gasteiger partial charge on any atom is 0.309 e. The summed E-state index contributed by atoms with van der Waals surface area (Å²) in [5.74, 6) is -0.282. The molecule has 0 amide bonds. The molecule has 4 saturated carbocycles. The minimum Gasteiger partial charge on any atom is -0.504 e. The molecule has 0 spiro atoms. The molecule has 7 heteroatoms. The monoisotopic (exact) mass is 680 g/mol. The van der Waals surface area contributed by atoms with Crippen molar-refractivity contribution >= 4 is 39.5 Å². The van der Waals surface area contributed by atoms with Crippen LogP contribution in [0.1, 0.15) is 105 Å². The number of ether oxygens (including phenoxy) is 1. The number of phenols is 1. The van der Waals surface area contributed by atoms with E-state index in [4.69, 9.17) is 4.74 Å². The van der Waals surface area contributed by atoms with Crippen LogP contribution in [0.3, 0.4) is 0 Å². The summed E-state index contributed by atoms with van der Waals surface area (Å²) in [5.41, 5.74) is 0.104. The molecule has 0 unspecified atom stereocenters. The number of benzene rings is 1. The van der Waals surface area contributed by atoms with Gasteiger partial charge in [0.05, 0.1) is 12.5 Å². The lowest BCUT2D eigenvalue weighted by atomic mass is 9.33. The number of carbonyl (C=O) groups excluding carboxylic acids is 2. The number of phenolic OH excluding ortho intramolecular Hbond substituents is 1. The summed E-state index contributed by atoms with van der Waals surface area (Å²) in [6, 6.07) is 3.32. The van der Waals surface area contributed by atoms with E-state index in [1.165, 1.54) is 12.7 Å². The van der Waals surface area contributed by atoms with Crippen molar-refractivity contribution in [1.29, 1.82) is 0 Å². The number of aromatic hydroxyl groups is 1. The molecule has 6 rings (SSSR count). The predicted molar refractivity (Wildman–Crippen MR) is 178 cm³/mol. The Morgan fingerprint density at radius 2 is 1.67 bits per heavy atom. The second-order valence-electron chi connectivity index (χ2n) is 17.0. The first-order valence-corrected chi connectivity index (χ1v) is 17.4. The van der Waals surface area contributed by atoms with Crippen molar-refractivity contribution in [1.82, 2.24) is 0 Å². The van der Waals surface area contributed by atoms with Crippen LogP contribution in [0.25, 0.3) is 6.08 Å². The fraction of sp³-hybridized carbons (Fsp3) is 0.658. The number of carboxylic acid groups (broad SMARTS) is 1. The SMILES string of the molecule is COc1cc(Br)c(/C=C2\C[C@]3(C)[C@H]4C(=O)C=C5[C@@H]6C[C@@](C)(C(=O)O)CC[C@]6(C)CC[C@@]5(C)[C@]4(C)CC[C@H]3C(C)(C)C2=O)cc1O. The van der Waals surface area contributed by atoms with Crippen LogP contribution in [0.4, 0.5) is 0 Å². The number of hydrogen-bond acceptors (Lipinski definition) is 5. The Labute approximate surface area is 276 Å². The molecule has 0 saturated heterocycles. The molecule has 0 aromatic heterocycles. The van der Waals surface area contributed by atoms with Crippen LogP contribution in [0.5, 0.6) is 11.5 Å². The number of carbonyl (C=O) groups is 3. The largest absolute Gasteiger partial charge is 0.504 e. The molecule has 5 aliphatic carbocycles. The van der Waals surface area contributed by atoms with Crippen molar-refractivity contribution in [3.63, 3.8) is 0 Å². The van der Waals surface area contributed by atoms with Crippen LogP contribution in [-0.4, -0.2) is 34.9 Å². The van der Waals surface area contributed by atoms with Crippen molar-refractivity contribution in [3.05, 3.63) is 39.4 Å². The zero-order valence-corrected chi connectivity index (χ0v) is 29.7. The Hall–Kier alpha value is -2.41. The molecule has 6 nitrogen and oxygen atoms in total. The number of fused-ring (bicyclic) bond motifs is 7. The van der Waals surface area contributed by atoms with Crippen LogP contribution in [-0.2, 0) is 14.4 Å². The number of halogens is 1. The van der Waals surface area contributed by atoms with E-state index in [-0.39, 0.29) is 51.3 Å². The summed E-state index contributed by atoms with van der Waals surface area (Å²) in [6.07, 6.45) is 10.2. The molecule has 0 aliphatic heterocycles. The molecule has 5 aliphatic rings. The Morgan fingerprint density at radius 1 is 1.00 bits per heavy atom.